The van der Waals surface area contributed by atoms with Crippen molar-refractivity contribution in [3.63, 3.8) is 0 Å². The summed E-state index contributed by atoms with van der Waals surface area (Å²) < 4.78 is 0. The lowest BCUT2D eigenvalue weighted by Crippen LogP contribution is -2.05. The molecular formula is C20H16Cl2. The second-order valence-electron chi connectivity index (χ2n) is 5.36. The van der Waals surface area contributed by atoms with E-state index in [-0.39, 0.29) is 5.92 Å². The minimum Gasteiger partial charge on any atom is -0.0843 e. The molecule has 0 aliphatic rings. The van der Waals surface area contributed by atoms with Crippen LogP contribution in [0.15, 0.2) is 78.9 Å². The fourth-order valence-electron chi connectivity index (χ4n) is 2.76. The van der Waals surface area contributed by atoms with Gasteiger partial charge in [-0.3, -0.25) is 0 Å². The molecule has 0 atom stereocenters. The molecule has 0 amide bonds. The molecule has 0 aliphatic carbocycles. The lowest BCUT2D eigenvalue weighted by Gasteiger charge is -2.18. The Labute approximate surface area is 141 Å². The molecule has 0 fully saturated rings. The topological polar surface area (TPSA) is 0 Å². The van der Waals surface area contributed by atoms with Crippen LogP contribution in [-0.4, -0.2) is 0 Å². The van der Waals surface area contributed by atoms with Crippen molar-refractivity contribution in [1.82, 2.24) is 0 Å². The average Bonchev–Trinajstić information content (AvgIpc) is 2.53. The highest BCUT2D eigenvalue weighted by Crippen LogP contribution is 2.30. The molecule has 22 heavy (non-hydrogen) atoms. The van der Waals surface area contributed by atoms with Crippen molar-refractivity contribution in [2.75, 3.05) is 0 Å². The fraction of sp³-hybridized carbons (Fsp3) is 0.100. The third-order valence-electron chi connectivity index (χ3n) is 3.77. The van der Waals surface area contributed by atoms with Crippen LogP contribution in [0.3, 0.4) is 0 Å². The van der Waals surface area contributed by atoms with E-state index in [2.05, 4.69) is 48.5 Å². The van der Waals surface area contributed by atoms with E-state index >= 15 is 0 Å². The minimum atomic E-state index is 0.289. The second-order valence-corrected chi connectivity index (χ2v) is 6.23. The van der Waals surface area contributed by atoms with Gasteiger partial charge in [-0.2, -0.15) is 0 Å². The van der Waals surface area contributed by atoms with E-state index in [4.69, 9.17) is 23.2 Å². The average molecular weight is 327 g/mol. The molecule has 3 aromatic rings. The van der Waals surface area contributed by atoms with E-state index < -0.39 is 0 Å². The van der Waals surface area contributed by atoms with Crippen LogP contribution in [0.25, 0.3) is 0 Å². The Morgan fingerprint density at radius 3 is 1.55 bits per heavy atom. The predicted molar refractivity (Wildman–Crippen MR) is 94.9 cm³/mol. The van der Waals surface area contributed by atoms with Gasteiger partial charge < -0.3 is 0 Å². The summed E-state index contributed by atoms with van der Waals surface area (Å²) in [5.41, 5.74) is 3.74. The highest BCUT2D eigenvalue weighted by atomic mass is 35.5. The summed E-state index contributed by atoms with van der Waals surface area (Å²) in [6.45, 7) is 0. The summed E-state index contributed by atoms with van der Waals surface area (Å²) in [6, 6.07) is 26.8. The SMILES string of the molecule is Clc1cc(Cl)cc(CC(c2ccccc2)c2ccccc2)c1. The Morgan fingerprint density at radius 1 is 0.636 bits per heavy atom. The molecule has 110 valence electrons. The maximum absolute atomic E-state index is 6.14. The summed E-state index contributed by atoms with van der Waals surface area (Å²) in [4.78, 5) is 0. The first-order valence-corrected chi connectivity index (χ1v) is 8.03. The van der Waals surface area contributed by atoms with Crippen molar-refractivity contribution >= 4 is 23.2 Å². The molecule has 0 unspecified atom stereocenters. The normalized spacial score (nSPS) is 10.9. The molecule has 0 saturated heterocycles. The van der Waals surface area contributed by atoms with Crippen molar-refractivity contribution in [2.24, 2.45) is 0 Å². The Morgan fingerprint density at radius 2 is 1.09 bits per heavy atom. The Bertz CT molecular complexity index is 676. The minimum absolute atomic E-state index is 0.289. The third-order valence-corrected chi connectivity index (χ3v) is 4.20. The van der Waals surface area contributed by atoms with E-state index in [0.29, 0.717) is 10.0 Å². The lowest BCUT2D eigenvalue weighted by molar-refractivity contribution is 0.805. The highest BCUT2D eigenvalue weighted by Gasteiger charge is 2.15. The zero-order valence-corrected chi connectivity index (χ0v) is 13.6. The molecule has 0 bridgehead atoms. The molecule has 3 aromatic carbocycles. The van der Waals surface area contributed by atoms with Gasteiger partial charge in [0.1, 0.15) is 0 Å². The lowest BCUT2D eigenvalue weighted by atomic mass is 9.86. The third kappa shape index (κ3) is 3.71. The van der Waals surface area contributed by atoms with Gasteiger partial charge in [-0.25, -0.2) is 0 Å². The first-order valence-electron chi connectivity index (χ1n) is 7.27. The van der Waals surface area contributed by atoms with E-state index in [0.717, 1.165) is 12.0 Å². The van der Waals surface area contributed by atoms with Crippen LogP contribution in [0.1, 0.15) is 22.6 Å². The van der Waals surface area contributed by atoms with E-state index in [1.54, 1.807) is 6.07 Å². The van der Waals surface area contributed by atoms with Gasteiger partial charge in [0.05, 0.1) is 0 Å². The van der Waals surface area contributed by atoms with Gasteiger partial charge in [0.2, 0.25) is 0 Å². The zero-order valence-electron chi connectivity index (χ0n) is 12.0. The fourth-order valence-corrected chi connectivity index (χ4v) is 3.33. The zero-order chi connectivity index (χ0) is 15.4. The van der Waals surface area contributed by atoms with Crippen LogP contribution >= 0.6 is 23.2 Å². The van der Waals surface area contributed by atoms with Gasteiger partial charge in [-0.1, -0.05) is 83.9 Å². The van der Waals surface area contributed by atoms with Gasteiger partial charge >= 0.3 is 0 Å². The van der Waals surface area contributed by atoms with E-state index in [9.17, 15) is 0 Å². The van der Waals surface area contributed by atoms with Gasteiger partial charge in [0.15, 0.2) is 0 Å². The summed E-state index contributed by atoms with van der Waals surface area (Å²) in [5.74, 6) is 0.289. The van der Waals surface area contributed by atoms with Crippen LogP contribution in [0.5, 0.6) is 0 Å². The second kappa shape index (κ2) is 7.00. The Hall–Kier alpha value is -1.76. The molecule has 3 rings (SSSR count). The molecule has 0 radical (unpaired) electrons. The summed E-state index contributed by atoms with van der Waals surface area (Å²) in [7, 11) is 0. The number of benzene rings is 3. The largest absolute Gasteiger partial charge is 0.0843 e. The Balaban J connectivity index is 1.99. The standard InChI is InChI=1S/C20H16Cl2/c21-18-11-15(12-19(22)14-18)13-20(16-7-3-1-4-8-16)17-9-5-2-6-10-17/h1-12,14,20H,13H2. The summed E-state index contributed by atoms with van der Waals surface area (Å²) in [6.07, 6.45) is 0.869. The summed E-state index contributed by atoms with van der Waals surface area (Å²) in [5, 5.41) is 1.37. The van der Waals surface area contributed by atoms with Gasteiger partial charge in [-0.15, -0.1) is 0 Å². The molecule has 0 heterocycles. The van der Waals surface area contributed by atoms with Crippen LogP contribution in [-0.2, 0) is 6.42 Å². The van der Waals surface area contributed by atoms with Crippen molar-refractivity contribution in [3.8, 4) is 0 Å². The van der Waals surface area contributed by atoms with Crippen LogP contribution in [0.4, 0.5) is 0 Å². The first kappa shape index (κ1) is 15.1. The van der Waals surface area contributed by atoms with Crippen LogP contribution in [0.2, 0.25) is 10.0 Å². The van der Waals surface area contributed by atoms with Crippen molar-refractivity contribution < 1.29 is 0 Å². The monoisotopic (exact) mass is 326 g/mol. The molecule has 0 N–H and O–H groups in total. The quantitative estimate of drug-likeness (QED) is 0.522. The van der Waals surface area contributed by atoms with E-state index in [1.807, 2.05) is 24.3 Å². The molecule has 0 aliphatic heterocycles. The van der Waals surface area contributed by atoms with Crippen molar-refractivity contribution in [1.29, 1.82) is 0 Å². The number of rotatable bonds is 4. The maximum atomic E-state index is 6.14. The molecule has 0 saturated carbocycles. The number of hydrogen-bond donors (Lipinski definition) is 0. The van der Waals surface area contributed by atoms with Gasteiger partial charge in [0, 0.05) is 16.0 Å². The molecular weight excluding hydrogens is 311 g/mol. The molecule has 0 nitrogen and oxygen atoms in total. The molecule has 0 aromatic heterocycles. The Kier molecular flexibility index (Phi) is 4.82. The number of hydrogen-bond acceptors (Lipinski definition) is 0. The predicted octanol–water partition coefficient (Wildman–Crippen LogP) is 6.37. The van der Waals surface area contributed by atoms with Gasteiger partial charge in [0.25, 0.3) is 0 Å². The van der Waals surface area contributed by atoms with Gasteiger partial charge in [-0.05, 0) is 41.3 Å². The first-order chi connectivity index (χ1) is 10.7. The smallest absolute Gasteiger partial charge is 0.0423 e. The van der Waals surface area contributed by atoms with Crippen molar-refractivity contribution in [3.05, 3.63) is 106 Å². The summed E-state index contributed by atoms with van der Waals surface area (Å²) >= 11 is 12.3. The van der Waals surface area contributed by atoms with Crippen LogP contribution < -0.4 is 0 Å². The highest BCUT2D eigenvalue weighted by molar-refractivity contribution is 6.34. The maximum Gasteiger partial charge on any atom is 0.0423 e. The molecule has 0 spiro atoms. The van der Waals surface area contributed by atoms with E-state index in [1.165, 1.54) is 11.1 Å². The van der Waals surface area contributed by atoms with Crippen molar-refractivity contribution in [2.45, 2.75) is 12.3 Å². The molecule has 2 heteroatoms. The number of halogens is 2. The van der Waals surface area contributed by atoms with Crippen LogP contribution in [0, 0.1) is 0 Å².